The van der Waals surface area contributed by atoms with Crippen LogP contribution >= 0.6 is 0 Å². The molecule has 2 aromatic heterocycles. The third kappa shape index (κ3) is 4.08. The molecule has 4 rings (SSSR count). The predicted octanol–water partition coefficient (Wildman–Crippen LogP) is 4.51. The van der Waals surface area contributed by atoms with Crippen molar-refractivity contribution in [1.82, 2.24) is 24.6 Å². The highest BCUT2D eigenvalue weighted by Gasteiger charge is 2.40. The molecule has 4 aromatic rings. The van der Waals surface area contributed by atoms with Crippen molar-refractivity contribution in [3.8, 4) is 5.69 Å². The second-order valence-corrected chi connectivity index (χ2v) is 7.18. The molecule has 1 N–H and O–H groups in total. The van der Waals surface area contributed by atoms with Crippen LogP contribution in [-0.4, -0.2) is 31.8 Å². The zero-order chi connectivity index (χ0) is 22.9. The number of amides is 1. The lowest BCUT2D eigenvalue weighted by atomic mass is 10.2. The van der Waals surface area contributed by atoms with E-state index < -0.39 is 29.2 Å². The molecule has 0 fully saturated rings. The first kappa shape index (κ1) is 21.5. The summed E-state index contributed by atoms with van der Waals surface area (Å²) >= 11 is 0. The maximum Gasteiger partial charge on any atom is 0.434 e. The molecule has 32 heavy (non-hydrogen) atoms. The van der Waals surface area contributed by atoms with Crippen LogP contribution in [0, 0.1) is 12.7 Å². The number of imidazole rings is 1. The first-order valence-corrected chi connectivity index (χ1v) is 9.87. The van der Waals surface area contributed by atoms with Gasteiger partial charge in [0.2, 0.25) is 0 Å². The minimum absolute atomic E-state index is 0.146. The molecule has 1 amide bonds. The van der Waals surface area contributed by atoms with Crippen molar-refractivity contribution in [2.45, 2.75) is 26.1 Å². The molecule has 0 radical (unpaired) electrons. The number of halogens is 4. The van der Waals surface area contributed by atoms with Crippen molar-refractivity contribution in [3.63, 3.8) is 0 Å². The lowest BCUT2D eigenvalue weighted by Crippen LogP contribution is -2.28. The summed E-state index contributed by atoms with van der Waals surface area (Å²) in [5.41, 5.74) is -0.575. The number of fused-ring (bicyclic) bond motifs is 1. The Morgan fingerprint density at radius 2 is 1.81 bits per heavy atom. The van der Waals surface area contributed by atoms with Crippen molar-refractivity contribution in [2.75, 3.05) is 6.54 Å². The number of benzene rings is 2. The van der Waals surface area contributed by atoms with E-state index in [4.69, 9.17) is 0 Å². The Morgan fingerprint density at radius 3 is 2.56 bits per heavy atom. The quantitative estimate of drug-likeness (QED) is 0.351. The Kier molecular flexibility index (Phi) is 5.68. The number of hydrogen-bond donors (Lipinski definition) is 1. The maximum atomic E-state index is 14.0. The summed E-state index contributed by atoms with van der Waals surface area (Å²) < 4.78 is 57.6. The fourth-order valence-corrected chi connectivity index (χ4v) is 3.61. The Bertz CT molecular complexity index is 1280. The van der Waals surface area contributed by atoms with E-state index in [9.17, 15) is 22.4 Å². The molecule has 0 aliphatic rings. The number of nitrogens with one attached hydrogen (secondary N) is 1. The van der Waals surface area contributed by atoms with Crippen molar-refractivity contribution < 1.29 is 22.4 Å². The number of carbonyl (C=O) groups excluding carboxylic acids is 1. The van der Waals surface area contributed by atoms with Gasteiger partial charge in [-0.2, -0.15) is 18.3 Å². The van der Waals surface area contributed by atoms with E-state index in [1.165, 1.54) is 12.1 Å². The van der Waals surface area contributed by atoms with Gasteiger partial charge in [-0.15, -0.1) is 0 Å². The second-order valence-electron chi connectivity index (χ2n) is 7.18. The third-order valence-electron chi connectivity index (χ3n) is 5.05. The average molecular weight is 445 g/mol. The number of aromatic nitrogens is 4. The molecule has 2 aromatic carbocycles. The average Bonchev–Trinajstić information content (AvgIpc) is 3.33. The fourth-order valence-electron chi connectivity index (χ4n) is 3.61. The summed E-state index contributed by atoms with van der Waals surface area (Å²) in [6.45, 7) is 2.55. The molecule has 2 heterocycles. The van der Waals surface area contributed by atoms with E-state index >= 15 is 0 Å². The van der Waals surface area contributed by atoms with Crippen LogP contribution in [0.5, 0.6) is 0 Å². The minimum Gasteiger partial charge on any atom is -0.352 e. The smallest absolute Gasteiger partial charge is 0.352 e. The van der Waals surface area contributed by atoms with Gasteiger partial charge in [0.05, 0.1) is 22.8 Å². The van der Waals surface area contributed by atoms with Crippen LogP contribution in [0.15, 0.2) is 54.7 Å². The highest BCUT2D eigenvalue weighted by molar-refractivity contribution is 5.95. The number of aryl methyl sites for hydroxylation is 2. The highest BCUT2D eigenvalue weighted by Crippen LogP contribution is 2.34. The number of carbonyl (C=O) groups is 1. The molecule has 0 bridgehead atoms. The maximum absolute atomic E-state index is 14.0. The highest BCUT2D eigenvalue weighted by atomic mass is 19.4. The van der Waals surface area contributed by atoms with E-state index in [-0.39, 0.29) is 12.2 Å². The molecule has 0 saturated carbocycles. The molecule has 0 unspecified atom stereocenters. The number of alkyl halides is 3. The summed E-state index contributed by atoms with van der Waals surface area (Å²) in [6.07, 6.45) is -3.62. The van der Waals surface area contributed by atoms with Gasteiger partial charge in [0.1, 0.15) is 17.3 Å². The molecule has 166 valence electrons. The lowest BCUT2D eigenvalue weighted by Gasteiger charge is -2.13. The lowest BCUT2D eigenvalue weighted by molar-refractivity contribution is -0.143. The topological polar surface area (TPSA) is 64.7 Å². The molecule has 0 atom stereocenters. The molecule has 6 nitrogen and oxygen atoms in total. The summed E-state index contributed by atoms with van der Waals surface area (Å²) in [5.74, 6) is -0.994. The van der Waals surface area contributed by atoms with Crippen LogP contribution in [0.25, 0.3) is 16.7 Å². The van der Waals surface area contributed by atoms with E-state index in [1.807, 2.05) is 35.8 Å². The van der Waals surface area contributed by atoms with Crippen LogP contribution < -0.4 is 5.32 Å². The molecular formula is C22H19F4N5O. The molecule has 10 heteroatoms. The fraction of sp³-hybridized carbons (Fsp3) is 0.227. The Labute approximate surface area is 180 Å². The van der Waals surface area contributed by atoms with Gasteiger partial charge in [-0.25, -0.2) is 14.1 Å². The van der Waals surface area contributed by atoms with Crippen molar-refractivity contribution >= 4 is 16.9 Å². The van der Waals surface area contributed by atoms with Gasteiger partial charge in [0.15, 0.2) is 5.69 Å². The standard InChI is InChI=1S/C22H19F4N5O/c1-14-29-17-8-3-5-10-19(17)30(14)12-6-11-27-21(32)15-13-28-31(20(15)22(24,25)26)18-9-4-2-7-16(18)23/h2-5,7-10,13H,6,11-12H2,1H3,(H,27,32). The summed E-state index contributed by atoms with van der Waals surface area (Å²) in [7, 11) is 0. The number of rotatable bonds is 6. The zero-order valence-electron chi connectivity index (χ0n) is 17.0. The van der Waals surface area contributed by atoms with Crippen molar-refractivity contribution in [2.24, 2.45) is 0 Å². The second kappa shape index (κ2) is 8.45. The van der Waals surface area contributed by atoms with E-state index in [1.54, 1.807) is 0 Å². The number of para-hydroxylation sites is 3. The SMILES string of the molecule is Cc1nc2ccccc2n1CCCNC(=O)c1cnn(-c2ccccc2F)c1C(F)(F)F. The van der Waals surface area contributed by atoms with E-state index in [0.717, 1.165) is 35.2 Å². The Hall–Kier alpha value is -3.69. The number of hydrogen-bond acceptors (Lipinski definition) is 3. The molecule has 0 aliphatic carbocycles. The van der Waals surface area contributed by atoms with Gasteiger partial charge >= 0.3 is 6.18 Å². The third-order valence-corrected chi connectivity index (χ3v) is 5.05. The summed E-state index contributed by atoms with van der Waals surface area (Å²) in [6, 6.07) is 12.5. The first-order valence-electron chi connectivity index (χ1n) is 9.87. The van der Waals surface area contributed by atoms with Gasteiger partial charge in [-0.1, -0.05) is 24.3 Å². The monoisotopic (exact) mass is 445 g/mol. The largest absolute Gasteiger partial charge is 0.434 e. The normalized spacial score (nSPS) is 11.8. The Morgan fingerprint density at radius 1 is 1.09 bits per heavy atom. The van der Waals surface area contributed by atoms with Gasteiger partial charge < -0.3 is 9.88 Å². The molecule has 0 spiro atoms. The zero-order valence-corrected chi connectivity index (χ0v) is 17.0. The Balaban J connectivity index is 1.49. The van der Waals surface area contributed by atoms with Gasteiger partial charge in [0.25, 0.3) is 5.91 Å². The number of nitrogens with zero attached hydrogens (tertiary/aromatic N) is 4. The van der Waals surface area contributed by atoms with Gasteiger partial charge in [-0.05, 0) is 37.6 Å². The van der Waals surface area contributed by atoms with E-state index in [0.29, 0.717) is 17.6 Å². The van der Waals surface area contributed by atoms with Crippen LogP contribution in [0.1, 0.15) is 28.3 Å². The first-order chi connectivity index (χ1) is 15.3. The summed E-state index contributed by atoms with van der Waals surface area (Å²) in [4.78, 5) is 17.0. The molecule has 0 aliphatic heterocycles. The predicted molar refractivity (Wildman–Crippen MR) is 110 cm³/mol. The summed E-state index contributed by atoms with van der Waals surface area (Å²) in [5, 5.41) is 6.13. The van der Waals surface area contributed by atoms with Crippen molar-refractivity contribution in [1.29, 1.82) is 0 Å². The molecular weight excluding hydrogens is 426 g/mol. The van der Waals surface area contributed by atoms with Crippen LogP contribution in [0.4, 0.5) is 17.6 Å². The van der Waals surface area contributed by atoms with Gasteiger partial charge in [0, 0.05) is 13.1 Å². The van der Waals surface area contributed by atoms with Crippen LogP contribution in [0.2, 0.25) is 0 Å². The van der Waals surface area contributed by atoms with Crippen LogP contribution in [0.3, 0.4) is 0 Å². The van der Waals surface area contributed by atoms with Crippen molar-refractivity contribution in [3.05, 3.63) is 77.6 Å². The van der Waals surface area contributed by atoms with Crippen LogP contribution in [-0.2, 0) is 12.7 Å². The van der Waals surface area contributed by atoms with E-state index in [2.05, 4.69) is 15.4 Å². The minimum atomic E-state index is -4.90. The molecule has 0 saturated heterocycles. The van der Waals surface area contributed by atoms with Gasteiger partial charge in [-0.3, -0.25) is 4.79 Å².